The third kappa shape index (κ3) is 3.50. The predicted octanol–water partition coefficient (Wildman–Crippen LogP) is 1.07. The maximum absolute atomic E-state index is 13.3. The van der Waals surface area contributed by atoms with Crippen LogP contribution >= 0.6 is 12.4 Å². The first kappa shape index (κ1) is 14.4. The summed E-state index contributed by atoms with van der Waals surface area (Å²) in [6.07, 6.45) is -0.0904. The van der Waals surface area contributed by atoms with E-state index in [1.54, 1.807) is 6.07 Å². The van der Waals surface area contributed by atoms with Crippen molar-refractivity contribution in [2.24, 2.45) is 5.73 Å². The molecule has 1 atom stereocenters. The van der Waals surface area contributed by atoms with Gasteiger partial charge in [0.05, 0.1) is 11.6 Å². The first-order valence-electron chi connectivity index (χ1n) is 4.21. The minimum Gasteiger partial charge on any atom is -0.480 e. The molecule has 0 aromatic heterocycles. The highest BCUT2D eigenvalue weighted by molar-refractivity contribution is 5.85. The van der Waals surface area contributed by atoms with Gasteiger partial charge in [-0.1, -0.05) is 6.07 Å². The standard InChI is InChI=1S/C10H9FN2O2.ClH/c11-8-3-6(5-12)1-2-7(8)4-9(13)10(14)15;/h1-3,9H,4,13H2,(H,14,15);1H/t9-;/m0./s1. The van der Waals surface area contributed by atoms with Crippen LogP contribution in [0.4, 0.5) is 4.39 Å². The van der Waals surface area contributed by atoms with Crippen LogP contribution in [0.1, 0.15) is 11.1 Å². The first-order chi connectivity index (χ1) is 7.04. The van der Waals surface area contributed by atoms with Crippen LogP contribution in [0.5, 0.6) is 0 Å². The van der Waals surface area contributed by atoms with Gasteiger partial charge < -0.3 is 10.8 Å². The smallest absolute Gasteiger partial charge is 0.320 e. The highest BCUT2D eigenvalue weighted by Gasteiger charge is 2.14. The largest absolute Gasteiger partial charge is 0.480 e. The summed E-state index contributed by atoms with van der Waals surface area (Å²) in [7, 11) is 0. The van der Waals surface area contributed by atoms with Crippen LogP contribution in [0.15, 0.2) is 18.2 Å². The first-order valence-corrected chi connectivity index (χ1v) is 4.21. The molecule has 0 saturated heterocycles. The lowest BCUT2D eigenvalue weighted by Gasteiger charge is -2.07. The maximum Gasteiger partial charge on any atom is 0.320 e. The number of hydrogen-bond donors (Lipinski definition) is 2. The number of carboxylic acids is 1. The maximum atomic E-state index is 13.3. The lowest BCUT2D eigenvalue weighted by atomic mass is 10.0. The van der Waals surface area contributed by atoms with E-state index < -0.39 is 17.8 Å². The lowest BCUT2D eigenvalue weighted by Crippen LogP contribution is -2.32. The van der Waals surface area contributed by atoms with E-state index in [2.05, 4.69) is 0 Å². The quantitative estimate of drug-likeness (QED) is 0.833. The van der Waals surface area contributed by atoms with Crippen LogP contribution in [0.25, 0.3) is 0 Å². The fraction of sp³-hybridized carbons (Fsp3) is 0.200. The minimum absolute atomic E-state index is 0. The van der Waals surface area contributed by atoms with E-state index in [4.69, 9.17) is 16.1 Å². The Morgan fingerprint density at radius 2 is 2.25 bits per heavy atom. The van der Waals surface area contributed by atoms with Crippen LogP contribution < -0.4 is 5.73 Å². The molecule has 16 heavy (non-hydrogen) atoms. The Labute approximate surface area is 97.9 Å². The second-order valence-corrected chi connectivity index (χ2v) is 3.07. The molecule has 4 nitrogen and oxygen atoms in total. The number of carboxylic acid groups (broad SMARTS) is 1. The molecule has 0 aliphatic carbocycles. The van der Waals surface area contributed by atoms with Crippen molar-refractivity contribution in [3.8, 4) is 6.07 Å². The fourth-order valence-corrected chi connectivity index (χ4v) is 1.11. The van der Waals surface area contributed by atoms with Crippen molar-refractivity contribution in [2.45, 2.75) is 12.5 Å². The molecule has 0 radical (unpaired) electrons. The van der Waals surface area contributed by atoms with Gasteiger partial charge >= 0.3 is 5.97 Å². The van der Waals surface area contributed by atoms with Crippen molar-refractivity contribution < 1.29 is 14.3 Å². The number of carbonyl (C=O) groups is 1. The Morgan fingerprint density at radius 3 is 2.69 bits per heavy atom. The van der Waals surface area contributed by atoms with E-state index in [0.717, 1.165) is 6.07 Å². The van der Waals surface area contributed by atoms with Crippen molar-refractivity contribution in [3.63, 3.8) is 0 Å². The minimum atomic E-state index is -1.18. The Bertz CT molecular complexity index is 431. The lowest BCUT2D eigenvalue weighted by molar-refractivity contribution is -0.138. The Hall–Kier alpha value is -1.64. The number of aliphatic carboxylic acids is 1. The van der Waals surface area contributed by atoms with Gasteiger partial charge in [-0.05, 0) is 17.7 Å². The number of halogens is 2. The molecule has 0 fully saturated rings. The molecule has 1 rings (SSSR count). The van der Waals surface area contributed by atoms with Gasteiger partial charge in [0.15, 0.2) is 0 Å². The molecular weight excluding hydrogens is 235 g/mol. The van der Waals surface area contributed by atoms with E-state index in [1.807, 2.05) is 0 Å². The van der Waals surface area contributed by atoms with Gasteiger partial charge in [-0.2, -0.15) is 5.26 Å². The molecule has 1 aromatic rings. The molecule has 0 aliphatic rings. The Morgan fingerprint density at radius 1 is 1.62 bits per heavy atom. The molecule has 0 aliphatic heterocycles. The summed E-state index contributed by atoms with van der Waals surface area (Å²) in [5, 5.41) is 17.0. The van der Waals surface area contributed by atoms with E-state index >= 15 is 0 Å². The van der Waals surface area contributed by atoms with Gasteiger partial charge in [-0.15, -0.1) is 12.4 Å². The van der Waals surface area contributed by atoms with Gasteiger partial charge in [0.2, 0.25) is 0 Å². The summed E-state index contributed by atoms with van der Waals surface area (Å²) < 4.78 is 13.3. The fourth-order valence-electron chi connectivity index (χ4n) is 1.11. The Kier molecular flexibility index (Phi) is 5.43. The SMILES string of the molecule is Cl.N#Cc1ccc(C[C@H](N)C(=O)O)c(F)c1. The molecule has 3 N–H and O–H groups in total. The molecule has 86 valence electrons. The monoisotopic (exact) mass is 244 g/mol. The summed E-state index contributed by atoms with van der Waals surface area (Å²) >= 11 is 0. The van der Waals surface area contributed by atoms with Crippen molar-refractivity contribution >= 4 is 18.4 Å². The number of hydrogen-bond acceptors (Lipinski definition) is 3. The summed E-state index contributed by atoms with van der Waals surface area (Å²) in [5.74, 6) is -1.79. The van der Waals surface area contributed by atoms with Crippen LogP contribution in [0, 0.1) is 17.1 Å². The summed E-state index contributed by atoms with van der Waals surface area (Å²) in [6, 6.07) is 4.51. The molecule has 0 unspecified atom stereocenters. The third-order valence-corrected chi connectivity index (χ3v) is 1.94. The van der Waals surface area contributed by atoms with Gasteiger partial charge in [0.25, 0.3) is 0 Å². The number of rotatable bonds is 3. The second-order valence-electron chi connectivity index (χ2n) is 3.07. The average Bonchev–Trinajstić information content (AvgIpc) is 2.20. The zero-order valence-corrected chi connectivity index (χ0v) is 9.00. The normalized spacial score (nSPS) is 11.1. The highest BCUT2D eigenvalue weighted by atomic mass is 35.5. The van der Waals surface area contributed by atoms with Crippen LogP contribution in [-0.4, -0.2) is 17.1 Å². The average molecular weight is 245 g/mol. The third-order valence-electron chi connectivity index (χ3n) is 1.94. The van der Waals surface area contributed by atoms with Crippen molar-refractivity contribution in [1.29, 1.82) is 5.26 Å². The van der Waals surface area contributed by atoms with Crippen LogP contribution in [-0.2, 0) is 11.2 Å². The highest BCUT2D eigenvalue weighted by Crippen LogP contribution is 2.11. The van der Waals surface area contributed by atoms with E-state index in [0.29, 0.717) is 0 Å². The number of benzene rings is 1. The summed E-state index contributed by atoms with van der Waals surface area (Å²) in [5.41, 5.74) is 5.65. The molecule has 0 spiro atoms. The summed E-state index contributed by atoms with van der Waals surface area (Å²) in [4.78, 5) is 10.4. The second kappa shape index (κ2) is 6.05. The van der Waals surface area contributed by atoms with Gasteiger partial charge in [0, 0.05) is 6.42 Å². The van der Waals surface area contributed by atoms with Crippen molar-refractivity contribution in [1.82, 2.24) is 0 Å². The van der Waals surface area contributed by atoms with Gasteiger partial charge in [-0.3, -0.25) is 4.79 Å². The molecule has 1 aromatic carbocycles. The van der Waals surface area contributed by atoms with Crippen molar-refractivity contribution in [3.05, 3.63) is 35.1 Å². The van der Waals surface area contributed by atoms with E-state index in [9.17, 15) is 9.18 Å². The zero-order valence-electron chi connectivity index (χ0n) is 8.18. The van der Waals surface area contributed by atoms with Crippen molar-refractivity contribution in [2.75, 3.05) is 0 Å². The van der Waals surface area contributed by atoms with Gasteiger partial charge in [0.1, 0.15) is 11.9 Å². The predicted molar refractivity (Wildman–Crippen MR) is 57.7 cm³/mol. The van der Waals surface area contributed by atoms with Crippen LogP contribution in [0.3, 0.4) is 0 Å². The molecule has 0 heterocycles. The molecule has 0 amide bonds. The zero-order chi connectivity index (χ0) is 11.4. The molecule has 0 saturated carbocycles. The van der Waals surface area contributed by atoms with E-state index in [1.165, 1.54) is 12.1 Å². The number of nitriles is 1. The number of nitrogens with zero attached hydrogens (tertiary/aromatic N) is 1. The number of nitrogens with two attached hydrogens (primary N) is 1. The van der Waals surface area contributed by atoms with E-state index in [-0.39, 0.29) is 30.0 Å². The van der Waals surface area contributed by atoms with Crippen LogP contribution in [0.2, 0.25) is 0 Å². The summed E-state index contributed by atoms with van der Waals surface area (Å²) in [6.45, 7) is 0. The molecule has 0 bridgehead atoms. The Balaban J connectivity index is 0.00000225. The molecular formula is C10H10ClFN2O2. The molecule has 6 heteroatoms. The topological polar surface area (TPSA) is 87.1 Å². The van der Waals surface area contributed by atoms with Gasteiger partial charge in [-0.25, -0.2) is 4.39 Å².